The van der Waals surface area contributed by atoms with E-state index in [1.54, 1.807) is 0 Å². The molecule has 6 aromatic rings. The van der Waals surface area contributed by atoms with E-state index in [0.29, 0.717) is 0 Å². The van der Waals surface area contributed by atoms with Crippen molar-refractivity contribution in [1.29, 1.82) is 0 Å². The lowest BCUT2D eigenvalue weighted by Crippen LogP contribution is -1.85. The normalized spacial score (nSPS) is 11.8. The zero-order chi connectivity index (χ0) is 21.1. The molecule has 0 spiro atoms. The molecule has 0 saturated carbocycles. The zero-order valence-electron chi connectivity index (χ0n) is 17.5. The van der Waals surface area contributed by atoms with Crippen LogP contribution in [0.5, 0.6) is 0 Å². The van der Waals surface area contributed by atoms with Crippen molar-refractivity contribution >= 4 is 21.5 Å². The van der Waals surface area contributed by atoms with E-state index in [1.807, 2.05) is 0 Å². The van der Waals surface area contributed by atoms with Crippen molar-refractivity contribution < 1.29 is 0 Å². The van der Waals surface area contributed by atoms with Crippen molar-refractivity contribution in [2.24, 2.45) is 0 Å². The maximum atomic E-state index is 2.33. The van der Waals surface area contributed by atoms with E-state index in [-0.39, 0.29) is 0 Å². The molecule has 0 aromatic heterocycles. The van der Waals surface area contributed by atoms with Gasteiger partial charge in [0, 0.05) is 0 Å². The summed E-state index contributed by atoms with van der Waals surface area (Å²) in [5, 5.41) is 5.26. The standard InChI is InChI=1S/C32H20/c1-2-8-22-19-24(16-15-21(22)7-1)23-9-5-10-25(20-23)26-17-18-31-28-12-4-3-11-27(28)30-14-6-13-29(26)32(30)31/h1-20H. The summed E-state index contributed by atoms with van der Waals surface area (Å²) in [4.78, 5) is 0. The molecule has 6 aromatic carbocycles. The monoisotopic (exact) mass is 404 g/mol. The van der Waals surface area contributed by atoms with Gasteiger partial charge >= 0.3 is 0 Å². The third kappa shape index (κ3) is 2.50. The Bertz CT molecular complexity index is 1640. The van der Waals surface area contributed by atoms with Crippen molar-refractivity contribution in [2.75, 3.05) is 0 Å². The Hall–Kier alpha value is -4.16. The van der Waals surface area contributed by atoms with Gasteiger partial charge in [-0.1, -0.05) is 109 Å². The first-order valence-electron chi connectivity index (χ1n) is 11.1. The van der Waals surface area contributed by atoms with Gasteiger partial charge < -0.3 is 0 Å². The average molecular weight is 405 g/mol. The molecule has 0 N–H and O–H groups in total. The molecule has 0 amide bonds. The van der Waals surface area contributed by atoms with Gasteiger partial charge in [0.05, 0.1) is 0 Å². The predicted molar refractivity (Wildman–Crippen MR) is 137 cm³/mol. The molecule has 0 unspecified atom stereocenters. The van der Waals surface area contributed by atoms with Crippen LogP contribution in [0.2, 0.25) is 0 Å². The fourth-order valence-electron chi connectivity index (χ4n) is 5.30. The van der Waals surface area contributed by atoms with E-state index < -0.39 is 0 Å². The van der Waals surface area contributed by atoms with Crippen LogP contribution in [-0.2, 0) is 0 Å². The van der Waals surface area contributed by atoms with Crippen LogP contribution < -0.4 is 0 Å². The fraction of sp³-hybridized carbons (Fsp3) is 0. The molecule has 0 bridgehead atoms. The van der Waals surface area contributed by atoms with Crippen LogP contribution in [0, 0.1) is 0 Å². The lowest BCUT2D eigenvalue weighted by Gasteiger charge is -2.11. The van der Waals surface area contributed by atoms with E-state index in [0.717, 1.165) is 0 Å². The topological polar surface area (TPSA) is 0 Å². The third-order valence-corrected chi connectivity index (χ3v) is 6.80. The fourth-order valence-corrected chi connectivity index (χ4v) is 5.30. The maximum Gasteiger partial charge on any atom is -0.00201 e. The molecule has 7 rings (SSSR count). The quantitative estimate of drug-likeness (QED) is 0.270. The molecule has 0 saturated heterocycles. The van der Waals surface area contributed by atoms with Gasteiger partial charge in [-0.2, -0.15) is 0 Å². The lowest BCUT2D eigenvalue weighted by molar-refractivity contribution is 1.62. The summed E-state index contributed by atoms with van der Waals surface area (Å²) in [7, 11) is 0. The summed E-state index contributed by atoms with van der Waals surface area (Å²) in [6.45, 7) is 0. The van der Waals surface area contributed by atoms with Crippen molar-refractivity contribution in [3.63, 3.8) is 0 Å². The van der Waals surface area contributed by atoms with Crippen LogP contribution in [-0.4, -0.2) is 0 Å². The second-order valence-electron chi connectivity index (χ2n) is 8.58. The Morgan fingerprint density at radius 2 is 0.938 bits per heavy atom. The van der Waals surface area contributed by atoms with Crippen molar-refractivity contribution in [2.45, 2.75) is 0 Å². The molecule has 1 aliphatic rings. The highest BCUT2D eigenvalue weighted by Gasteiger charge is 2.22. The smallest absolute Gasteiger partial charge is 0.00201 e. The first-order chi connectivity index (χ1) is 15.9. The van der Waals surface area contributed by atoms with E-state index >= 15 is 0 Å². The first kappa shape index (κ1) is 17.5. The maximum absolute atomic E-state index is 2.33. The Morgan fingerprint density at radius 1 is 0.312 bits per heavy atom. The molecule has 1 aliphatic carbocycles. The van der Waals surface area contributed by atoms with Gasteiger partial charge in [0.2, 0.25) is 0 Å². The number of fused-ring (bicyclic) bond motifs is 4. The molecule has 0 atom stereocenters. The van der Waals surface area contributed by atoms with Crippen molar-refractivity contribution in [1.82, 2.24) is 0 Å². The molecule has 0 fully saturated rings. The van der Waals surface area contributed by atoms with Crippen molar-refractivity contribution in [3.05, 3.63) is 121 Å². The molecule has 0 heteroatoms. The van der Waals surface area contributed by atoms with Gasteiger partial charge in [0.1, 0.15) is 0 Å². The Morgan fingerprint density at radius 3 is 1.81 bits per heavy atom. The summed E-state index contributed by atoms with van der Waals surface area (Å²) >= 11 is 0. The summed E-state index contributed by atoms with van der Waals surface area (Å²) < 4.78 is 0. The first-order valence-corrected chi connectivity index (χ1v) is 11.1. The minimum Gasteiger partial charge on any atom is -0.0616 e. The SMILES string of the molecule is c1cc(-c2ccc3ccccc3c2)cc(-c2ccc3c4c(cccc24)-c2ccccc2-3)c1. The van der Waals surface area contributed by atoms with Crippen LogP contribution in [0.3, 0.4) is 0 Å². The van der Waals surface area contributed by atoms with Gasteiger partial charge in [-0.25, -0.2) is 0 Å². The summed E-state index contributed by atoms with van der Waals surface area (Å²) in [5.41, 5.74) is 10.4. The number of hydrogen-bond donors (Lipinski definition) is 0. The van der Waals surface area contributed by atoms with Gasteiger partial charge in [0.15, 0.2) is 0 Å². The zero-order valence-corrected chi connectivity index (χ0v) is 17.5. The Kier molecular flexibility index (Phi) is 3.65. The van der Waals surface area contributed by atoms with Crippen LogP contribution >= 0.6 is 0 Å². The van der Waals surface area contributed by atoms with Crippen molar-refractivity contribution in [3.8, 4) is 44.5 Å². The second-order valence-corrected chi connectivity index (χ2v) is 8.58. The number of hydrogen-bond acceptors (Lipinski definition) is 0. The molecular weight excluding hydrogens is 384 g/mol. The molecule has 0 heterocycles. The summed E-state index contributed by atoms with van der Waals surface area (Å²) in [5.74, 6) is 0. The molecular formula is C32H20. The molecule has 0 aliphatic heterocycles. The molecule has 148 valence electrons. The second kappa shape index (κ2) is 6.67. The van der Waals surface area contributed by atoms with Gasteiger partial charge in [0.25, 0.3) is 0 Å². The largest absolute Gasteiger partial charge is 0.0616 e. The predicted octanol–water partition coefficient (Wildman–Crippen LogP) is 8.97. The van der Waals surface area contributed by atoms with E-state index in [1.165, 1.54) is 66.1 Å². The summed E-state index contributed by atoms with van der Waals surface area (Å²) in [6, 6.07) is 44.3. The van der Waals surface area contributed by atoms with E-state index in [9.17, 15) is 0 Å². The average Bonchev–Trinajstić information content (AvgIpc) is 3.20. The minimum absolute atomic E-state index is 1.25. The highest BCUT2D eigenvalue weighted by Crippen LogP contribution is 2.49. The molecule has 0 radical (unpaired) electrons. The van der Waals surface area contributed by atoms with Gasteiger partial charge in [-0.05, 0) is 78.2 Å². The molecule has 32 heavy (non-hydrogen) atoms. The Balaban J connectivity index is 1.42. The van der Waals surface area contributed by atoms with Gasteiger partial charge in [-0.3, -0.25) is 0 Å². The Labute approximate surface area is 187 Å². The van der Waals surface area contributed by atoms with Crippen LogP contribution in [0.4, 0.5) is 0 Å². The molecule has 0 nitrogen and oxygen atoms in total. The highest BCUT2D eigenvalue weighted by molar-refractivity contribution is 6.18. The van der Waals surface area contributed by atoms with Crippen LogP contribution in [0.1, 0.15) is 0 Å². The van der Waals surface area contributed by atoms with E-state index in [4.69, 9.17) is 0 Å². The van der Waals surface area contributed by atoms with Crippen LogP contribution in [0.25, 0.3) is 66.1 Å². The number of benzene rings is 6. The van der Waals surface area contributed by atoms with E-state index in [2.05, 4.69) is 121 Å². The lowest BCUT2D eigenvalue weighted by atomic mass is 9.92. The summed E-state index contributed by atoms with van der Waals surface area (Å²) in [6.07, 6.45) is 0. The number of rotatable bonds is 2. The third-order valence-electron chi connectivity index (χ3n) is 6.80. The van der Waals surface area contributed by atoms with Gasteiger partial charge in [-0.15, -0.1) is 0 Å². The van der Waals surface area contributed by atoms with Crippen LogP contribution in [0.15, 0.2) is 121 Å². The minimum atomic E-state index is 1.25. The highest BCUT2D eigenvalue weighted by atomic mass is 14.2.